The molecule has 4 rings (SSSR count). The van der Waals surface area contributed by atoms with Gasteiger partial charge in [-0.3, -0.25) is 9.36 Å². The van der Waals surface area contributed by atoms with Crippen molar-refractivity contribution in [1.29, 1.82) is 0 Å². The van der Waals surface area contributed by atoms with Crippen LogP contribution in [0.15, 0.2) is 59.8 Å². The lowest BCUT2D eigenvalue weighted by atomic mass is 10.2. The second-order valence-electron chi connectivity index (χ2n) is 8.53. The van der Waals surface area contributed by atoms with Gasteiger partial charge in [0, 0.05) is 38.0 Å². The monoisotopic (exact) mass is 495 g/mol. The summed E-state index contributed by atoms with van der Waals surface area (Å²) in [5, 5.41) is 12.6. The number of carbonyl (C=O) groups is 1. The van der Waals surface area contributed by atoms with Gasteiger partial charge in [-0.2, -0.15) is 0 Å². The van der Waals surface area contributed by atoms with E-state index in [0.29, 0.717) is 18.8 Å². The smallest absolute Gasteiger partial charge is 0.230 e. The van der Waals surface area contributed by atoms with Crippen LogP contribution < -0.4 is 15.0 Å². The summed E-state index contributed by atoms with van der Waals surface area (Å²) in [6.07, 6.45) is 3.09. The van der Waals surface area contributed by atoms with E-state index in [9.17, 15) is 4.79 Å². The van der Waals surface area contributed by atoms with Gasteiger partial charge in [-0.15, -0.1) is 10.2 Å². The zero-order chi connectivity index (χ0) is 24.5. The zero-order valence-corrected chi connectivity index (χ0v) is 21.2. The molecule has 0 aliphatic carbocycles. The Kier molecular flexibility index (Phi) is 9.02. The first-order valence-corrected chi connectivity index (χ1v) is 13.0. The number of methoxy groups -OCH3 is 1. The number of hydrogen-bond acceptors (Lipinski definition) is 7. The highest BCUT2D eigenvalue weighted by atomic mass is 32.2. The zero-order valence-electron chi connectivity index (χ0n) is 20.4. The Labute approximate surface area is 211 Å². The maximum absolute atomic E-state index is 12.5. The number of benzene rings is 2. The van der Waals surface area contributed by atoms with Crippen LogP contribution in [0.4, 0.5) is 5.69 Å². The molecule has 0 saturated carbocycles. The molecule has 186 valence electrons. The number of rotatable bonds is 12. The van der Waals surface area contributed by atoms with E-state index in [1.165, 1.54) is 17.4 Å². The number of thioether (sulfide) groups is 1. The van der Waals surface area contributed by atoms with E-state index in [-0.39, 0.29) is 12.0 Å². The molecule has 1 fully saturated rings. The van der Waals surface area contributed by atoms with Gasteiger partial charge in [0.05, 0.1) is 25.5 Å². The molecule has 9 heteroatoms. The average molecular weight is 496 g/mol. The topological polar surface area (TPSA) is 81.5 Å². The van der Waals surface area contributed by atoms with E-state index in [4.69, 9.17) is 9.47 Å². The maximum Gasteiger partial charge on any atom is 0.230 e. The lowest BCUT2D eigenvalue weighted by Crippen LogP contribution is -2.29. The summed E-state index contributed by atoms with van der Waals surface area (Å²) in [6.45, 7) is 2.97. The van der Waals surface area contributed by atoms with Crippen molar-refractivity contribution in [3.05, 3.63) is 54.6 Å². The molecule has 0 spiro atoms. The highest BCUT2D eigenvalue weighted by molar-refractivity contribution is 7.99. The number of hydrogen-bond donors (Lipinski definition) is 1. The van der Waals surface area contributed by atoms with Gasteiger partial charge in [-0.05, 0) is 55.7 Å². The third-order valence-electron chi connectivity index (χ3n) is 6.00. The van der Waals surface area contributed by atoms with Crippen molar-refractivity contribution >= 4 is 23.4 Å². The quantitative estimate of drug-likeness (QED) is 0.302. The number of nitrogens with one attached hydrogen (secondary N) is 1. The molecule has 35 heavy (non-hydrogen) atoms. The molecule has 1 aromatic heterocycles. The Morgan fingerprint density at radius 1 is 1.20 bits per heavy atom. The molecular formula is C26H33N5O3S. The summed E-state index contributed by atoms with van der Waals surface area (Å²) < 4.78 is 13.2. The second kappa shape index (κ2) is 12.6. The Morgan fingerprint density at radius 3 is 2.71 bits per heavy atom. The highest BCUT2D eigenvalue weighted by Crippen LogP contribution is 2.27. The van der Waals surface area contributed by atoms with Crippen molar-refractivity contribution in [3.63, 3.8) is 0 Å². The number of para-hydroxylation sites is 1. The van der Waals surface area contributed by atoms with Crippen LogP contribution in [0.3, 0.4) is 0 Å². The summed E-state index contributed by atoms with van der Waals surface area (Å²) in [5.41, 5.74) is 2.13. The van der Waals surface area contributed by atoms with Gasteiger partial charge in [0.15, 0.2) is 11.0 Å². The summed E-state index contributed by atoms with van der Waals surface area (Å²) in [5.74, 6) is 1.85. The van der Waals surface area contributed by atoms with E-state index >= 15 is 0 Å². The first kappa shape index (κ1) is 25.1. The Bertz CT molecular complexity index is 1070. The van der Waals surface area contributed by atoms with Crippen molar-refractivity contribution in [3.8, 4) is 17.1 Å². The molecule has 0 radical (unpaired) electrons. The van der Waals surface area contributed by atoms with Crippen LogP contribution in [0.2, 0.25) is 0 Å². The van der Waals surface area contributed by atoms with Gasteiger partial charge in [-0.25, -0.2) is 0 Å². The molecule has 1 atom stereocenters. The highest BCUT2D eigenvalue weighted by Gasteiger charge is 2.22. The number of amides is 1. The molecule has 1 amide bonds. The van der Waals surface area contributed by atoms with Gasteiger partial charge in [0.1, 0.15) is 5.75 Å². The van der Waals surface area contributed by atoms with E-state index < -0.39 is 0 Å². The molecule has 2 heterocycles. The lowest BCUT2D eigenvalue weighted by molar-refractivity contribution is -0.118. The first-order valence-electron chi connectivity index (χ1n) is 12.0. The molecule has 2 aromatic carbocycles. The molecule has 0 unspecified atom stereocenters. The molecule has 0 bridgehead atoms. The van der Waals surface area contributed by atoms with Crippen molar-refractivity contribution in [2.75, 3.05) is 44.5 Å². The standard InChI is InChI=1S/C26H33N5O3S/c1-30(21-8-4-3-5-9-21)16-7-15-27-24(32)19-35-26-29-28-25(20-11-13-22(33-2)14-12-20)31(26)18-23-10-6-17-34-23/h3-5,8-9,11-14,23H,6-7,10,15-19H2,1-2H3,(H,27,32)/t23-/m0/s1. The molecule has 3 aromatic rings. The van der Waals surface area contributed by atoms with Gasteiger partial charge < -0.3 is 19.7 Å². The van der Waals surface area contributed by atoms with Crippen molar-refractivity contribution in [1.82, 2.24) is 20.1 Å². The van der Waals surface area contributed by atoms with E-state index in [1.807, 2.05) is 42.5 Å². The minimum Gasteiger partial charge on any atom is -0.497 e. The first-order chi connectivity index (χ1) is 17.1. The summed E-state index contributed by atoms with van der Waals surface area (Å²) in [6, 6.07) is 18.0. The molecule has 1 aliphatic rings. The molecule has 1 saturated heterocycles. The van der Waals surface area contributed by atoms with Crippen molar-refractivity contribution in [2.45, 2.75) is 37.1 Å². The maximum atomic E-state index is 12.5. The predicted octanol–water partition coefficient (Wildman–Crippen LogP) is 3.87. The van der Waals surface area contributed by atoms with Gasteiger partial charge in [0.25, 0.3) is 0 Å². The van der Waals surface area contributed by atoms with Crippen LogP contribution >= 0.6 is 11.8 Å². The third-order valence-corrected chi connectivity index (χ3v) is 6.96. The largest absolute Gasteiger partial charge is 0.497 e. The van der Waals surface area contributed by atoms with E-state index in [1.54, 1.807) is 7.11 Å². The van der Waals surface area contributed by atoms with Gasteiger partial charge >= 0.3 is 0 Å². The minimum atomic E-state index is -0.00460. The number of ether oxygens (including phenoxy) is 2. The van der Waals surface area contributed by atoms with Crippen LogP contribution in [0.5, 0.6) is 5.75 Å². The van der Waals surface area contributed by atoms with Crippen LogP contribution in [0, 0.1) is 0 Å². The lowest BCUT2D eigenvalue weighted by Gasteiger charge is -2.19. The summed E-state index contributed by atoms with van der Waals surface area (Å²) in [4.78, 5) is 14.7. The van der Waals surface area contributed by atoms with Crippen molar-refractivity contribution in [2.24, 2.45) is 0 Å². The number of aromatic nitrogens is 3. The Hall–Kier alpha value is -3.04. The Morgan fingerprint density at radius 2 is 2.00 bits per heavy atom. The van der Waals surface area contributed by atoms with Crippen LogP contribution in [-0.4, -0.2) is 66.4 Å². The fourth-order valence-corrected chi connectivity index (χ4v) is 4.82. The molecule has 8 nitrogen and oxygen atoms in total. The van der Waals surface area contributed by atoms with Crippen LogP contribution in [-0.2, 0) is 16.1 Å². The third kappa shape index (κ3) is 6.99. The summed E-state index contributed by atoms with van der Waals surface area (Å²) >= 11 is 1.41. The van der Waals surface area contributed by atoms with Crippen LogP contribution in [0.25, 0.3) is 11.4 Å². The minimum absolute atomic E-state index is 0.00460. The number of carbonyl (C=O) groups excluding carboxylic acids is 1. The summed E-state index contributed by atoms with van der Waals surface area (Å²) in [7, 11) is 3.71. The fraction of sp³-hybridized carbons (Fsp3) is 0.423. The molecule has 1 N–H and O–H groups in total. The number of anilines is 1. The predicted molar refractivity (Wildman–Crippen MR) is 139 cm³/mol. The fourth-order valence-electron chi connectivity index (χ4n) is 4.04. The van der Waals surface area contributed by atoms with Crippen LogP contribution in [0.1, 0.15) is 19.3 Å². The van der Waals surface area contributed by atoms with E-state index in [2.05, 4.69) is 44.2 Å². The second-order valence-corrected chi connectivity index (χ2v) is 9.47. The van der Waals surface area contributed by atoms with Gasteiger partial charge in [0.2, 0.25) is 5.91 Å². The average Bonchev–Trinajstić information content (AvgIpc) is 3.56. The van der Waals surface area contributed by atoms with Gasteiger partial charge in [-0.1, -0.05) is 30.0 Å². The van der Waals surface area contributed by atoms with Crippen molar-refractivity contribution < 1.29 is 14.3 Å². The SMILES string of the molecule is COc1ccc(-c2nnc(SCC(=O)NCCCN(C)c3ccccc3)n2C[C@@H]2CCCO2)cc1. The normalized spacial score (nSPS) is 15.2. The number of nitrogens with zero attached hydrogens (tertiary/aromatic N) is 4. The molecule has 1 aliphatic heterocycles. The van der Waals surface area contributed by atoms with E-state index in [0.717, 1.165) is 54.7 Å². The molecular weight excluding hydrogens is 462 g/mol. The Balaban J connectivity index is 1.31.